The minimum Gasteiger partial charge on any atom is -0.287 e. The third-order valence-electron chi connectivity index (χ3n) is 4.50. The molecule has 0 bridgehead atoms. The summed E-state index contributed by atoms with van der Waals surface area (Å²) < 4.78 is 0. The molecule has 0 spiro atoms. The molecule has 0 aliphatic heterocycles. The molecule has 4 nitrogen and oxygen atoms in total. The third-order valence-corrected chi connectivity index (χ3v) is 4.50. The molecule has 0 amide bonds. The first-order valence-electron chi connectivity index (χ1n) is 8.07. The van der Waals surface area contributed by atoms with E-state index in [1.807, 2.05) is 72.8 Å². The average Bonchev–Trinajstić information content (AvgIpc) is 2.94. The lowest BCUT2D eigenvalue weighted by molar-refractivity contribution is 0.107. The van der Waals surface area contributed by atoms with E-state index in [0.717, 1.165) is 27.2 Å². The predicted molar refractivity (Wildman–Crippen MR) is 100 cm³/mol. The number of benzene rings is 3. The van der Waals surface area contributed by atoms with Crippen molar-refractivity contribution in [3.05, 3.63) is 83.9 Å². The number of pyridine rings is 1. The number of fused-ring (bicyclic) bond motifs is 1. The highest BCUT2D eigenvalue weighted by molar-refractivity contribution is 6.59. The molecule has 5 rings (SSSR count). The Labute approximate surface area is 143 Å². The molecule has 118 valence electrons. The molecule has 0 fully saturated rings. The van der Waals surface area contributed by atoms with Crippen molar-refractivity contribution in [1.82, 2.24) is 4.98 Å². The quantitative estimate of drug-likeness (QED) is 0.556. The van der Waals surface area contributed by atoms with Gasteiger partial charge in [-0.1, -0.05) is 54.6 Å². The zero-order valence-electron chi connectivity index (χ0n) is 13.2. The van der Waals surface area contributed by atoms with Gasteiger partial charge in [0.2, 0.25) is 5.78 Å². The lowest BCUT2D eigenvalue weighted by atomic mass is 10.1. The van der Waals surface area contributed by atoms with Gasteiger partial charge in [-0.15, -0.1) is 0 Å². The maximum atomic E-state index is 12.7. The van der Waals surface area contributed by atoms with E-state index in [4.69, 9.17) is 0 Å². The van der Waals surface area contributed by atoms with Gasteiger partial charge >= 0.3 is 0 Å². The lowest BCUT2D eigenvalue weighted by Crippen LogP contribution is -2.11. The number of hydrogen-bond acceptors (Lipinski definition) is 4. The van der Waals surface area contributed by atoms with Crippen molar-refractivity contribution in [3.8, 4) is 0 Å². The fraction of sp³-hybridized carbons (Fsp3) is 0. The van der Waals surface area contributed by atoms with Crippen LogP contribution in [0, 0.1) is 0 Å². The van der Waals surface area contributed by atoms with E-state index in [-0.39, 0.29) is 5.78 Å². The number of hydrogen-bond donors (Lipinski definition) is 1. The van der Waals surface area contributed by atoms with Crippen LogP contribution >= 0.6 is 0 Å². The highest BCUT2D eigenvalue weighted by Crippen LogP contribution is 2.31. The van der Waals surface area contributed by atoms with Gasteiger partial charge in [0.15, 0.2) is 0 Å². The molecule has 4 aromatic rings. The zero-order chi connectivity index (χ0) is 16.8. The van der Waals surface area contributed by atoms with Gasteiger partial charge in [0.25, 0.3) is 0 Å². The molecule has 1 N–H and O–H groups in total. The fourth-order valence-electron chi connectivity index (χ4n) is 3.33. The maximum absolute atomic E-state index is 12.7. The third kappa shape index (κ3) is 2.11. The number of nitrogens with zero attached hydrogens (tertiary/aromatic N) is 2. The smallest absolute Gasteiger partial charge is 0.214 e. The highest BCUT2D eigenvalue weighted by Gasteiger charge is 2.28. The molecule has 1 heterocycles. The van der Waals surface area contributed by atoms with Crippen LogP contribution in [0.3, 0.4) is 0 Å². The summed E-state index contributed by atoms with van der Waals surface area (Å²) in [4.78, 5) is 17.2. The molecule has 0 atom stereocenters. The van der Waals surface area contributed by atoms with Crippen LogP contribution in [0.4, 0.5) is 5.82 Å². The zero-order valence-corrected chi connectivity index (χ0v) is 13.2. The molecule has 0 radical (unpaired) electrons. The van der Waals surface area contributed by atoms with Crippen molar-refractivity contribution in [1.29, 1.82) is 0 Å². The number of aromatic nitrogens is 1. The van der Waals surface area contributed by atoms with E-state index in [2.05, 4.69) is 15.5 Å². The fourth-order valence-corrected chi connectivity index (χ4v) is 3.33. The number of hydrazone groups is 1. The van der Waals surface area contributed by atoms with Crippen molar-refractivity contribution < 1.29 is 4.79 Å². The topological polar surface area (TPSA) is 54.4 Å². The van der Waals surface area contributed by atoms with Crippen LogP contribution in [0.1, 0.15) is 15.9 Å². The van der Waals surface area contributed by atoms with E-state index in [9.17, 15) is 4.79 Å². The number of ketones is 1. The summed E-state index contributed by atoms with van der Waals surface area (Å²) in [6, 6.07) is 23.4. The van der Waals surface area contributed by atoms with Gasteiger partial charge in [-0.25, -0.2) is 4.98 Å². The summed E-state index contributed by atoms with van der Waals surface area (Å²) in [6.45, 7) is 0. The number of rotatable bonds is 2. The van der Waals surface area contributed by atoms with Crippen molar-refractivity contribution in [3.63, 3.8) is 0 Å². The monoisotopic (exact) mass is 323 g/mol. The Bertz CT molecular complexity index is 1190. The predicted octanol–water partition coefficient (Wildman–Crippen LogP) is 4.40. The Kier molecular flexibility index (Phi) is 2.91. The highest BCUT2D eigenvalue weighted by atomic mass is 16.1. The van der Waals surface area contributed by atoms with E-state index in [1.165, 1.54) is 0 Å². The Hall–Kier alpha value is -3.53. The molecule has 1 aliphatic carbocycles. The van der Waals surface area contributed by atoms with Gasteiger partial charge < -0.3 is 0 Å². The molecule has 1 aliphatic rings. The number of carbonyl (C=O) groups is 1. The maximum Gasteiger partial charge on any atom is 0.214 e. The molecular formula is C21H13N3O. The van der Waals surface area contributed by atoms with Crippen LogP contribution in [-0.4, -0.2) is 16.5 Å². The van der Waals surface area contributed by atoms with E-state index < -0.39 is 0 Å². The number of carbonyl (C=O) groups excluding carboxylic acids is 1. The second-order valence-corrected chi connectivity index (χ2v) is 6.00. The molecule has 0 saturated carbocycles. The molecule has 4 heteroatoms. The standard InChI is InChI=1S/C21H13N3O/c25-21-16-9-4-7-14-6-3-8-15(19(14)16)20(21)24-23-18-12-11-13-5-1-2-10-17(13)22-18/h1-12H,(H,22,23). The number of para-hydroxylation sites is 1. The average molecular weight is 323 g/mol. The normalized spacial score (nSPS) is 14.6. The van der Waals surface area contributed by atoms with Crippen LogP contribution in [-0.2, 0) is 0 Å². The Morgan fingerprint density at radius 2 is 1.52 bits per heavy atom. The van der Waals surface area contributed by atoms with Crippen molar-refractivity contribution in [2.24, 2.45) is 5.10 Å². The van der Waals surface area contributed by atoms with Crippen LogP contribution in [0.2, 0.25) is 0 Å². The molecular weight excluding hydrogens is 310 g/mol. The lowest BCUT2D eigenvalue weighted by Gasteiger charge is -2.03. The summed E-state index contributed by atoms with van der Waals surface area (Å²) in [5.41, 5.74) is 5.84. The molecule has 0 saturated heterocycles. The second kappa shape index (κ2) is 5.24. The second-order valence-electron chi connectivity index (χ2n) is 6.00. The largest absolute Gasteiger partial charge is 0.287 e. The first-order valence-corrected chi connectivity index (χ1v) is 8.07. The van der Waals surface area contributed by atoms with E-state index in [0.29, 0.717) is 17.1 Å². The van der Waals surface area contributed by atoms with Crippen molar-refractivity contribution in [2.75, 3.05) is 5.43 Å². The first-order chi connectivity index (χ1) is 12.3. The SMILES string of the molecule is O=C1C(=NNc2ccc3ccccc3n2)c2cccc3cccc1c23. The van der Waals surface area contributed by atoms with Gasteiger partial charge in [0.1, 0.15) is 11.5 Å². The van der Waals surface area contributed by atoms with Crippen LogP contribution in [0.15, 0.2) is 77.9 Å². The number of anilines is 1. The van der Waals surface area contributed by atoms with E-state index >= 15 is 0 Å². The van der Waals surface area contributed by atoms with Crippen LogP contribution in [0.25, 0.3) is 21.7 Å². The van der Waals surface area contributed by atoms with Crippen LogP contribution < -0.4 is 5.43 Å². The van der Waals surface area contributed by atoms with Gasteiger partial charge in [0, 0.05) is 21.9 Å². The summed E-state index contributed by atoms with van der Waals surface area (Å²) in [5.74, 6) is 0.558. The van der Waals surface area contributed by atoms with Crippen molar-refractivity contribution in [2.45, 2.75) is 0 Å². The minimum atomic E-state index is -0.0555. The molecule has 0 unspecified atom stereocenters. The van der Waals surface area contributed by atoms with Crippen LogP contribution in [0.5, 0.6) is 0 Å². The Morgan fingerprint density at radius 3 is 2.40 bits per heavy atom. The van der Waals surface area contributed by atoms with E-state index in [1.54, 1.807) is 0 Å². The molecule has 1 aromatic heterocycles. The molecule has 25 heavy (non-hydrogen) atoms. The van der Waals surface area contributed by atoms with Gasteiger partial charge in [-0.3, -0.25) is 10.2 Å². The van der Waals surface area contributed by atoms with Gasteiger partial charge in [-0.05, 0) is 23.6 Å². The Morgan fingerprint density at radius 1 is 0.760 bits per heavy atom. The van der Waals surface area contributed by atoms with Crippen molar-refractivity contribution >= 4 is 39.0 Å². The molecule has 3 aromatic carbocycles. The summed E-state index contributed by atoms with van der Waals surface area (Å²) in [6.07, 6.45) is 0. The van der Waals surface area contributed by atoms with Gasteiger partial charge in [-0.2, -0.15) is 5.10 Å². The number of Topliss-reactive ketones (excluding diaryl/α,β-unsaturated/α-hetero) is 1. The minimum absolute atomic E-state index is 0.0555. The first kappa shape index (κ1) is 13.9. The summed E-state index contributed by atoms with van der Waals surface area (Å²) in [7, 11) is 0. The Balaban J connectivity index is 1.57. The van der Waals surface area contributed by atoms with Gasteiger partial charge in [0.05, 0.1) is 5.52 Å². The summed E-state index contributed by atoms with van der Waals surface area (Å²) in [5, 5.41) is 7.47. The number of nitrogens with one attached hydrogen (secondary N) is 1. The summed E-state index contributed by atoms with van der Waals surface area (Å²) >= 11 is 0.